The highest BCUT2D eigenvalue weighted by Crippen LogP contribution is 2.20. The van der Waals surface area contributed by atoms with Crippen molar-refractivity contribution in [2.24, 2.45) is 5.92 Å². The van der Waals surface area contributed by atoms with Crippen LogP contribution in [0.25, 0.3) is 0 Å². The lowest BCUT2D eigenvalue weighted by Crippen LogP contribution is -2.44. The average Bonchev–Trinajstić information content (AvgIpc) is 2.52. The summed E-state index contributed by atoms with van der Waals surface area (Å²) in [6.45, 7) is 2.89. The second-order valence-electron chi connectivity index (χ2n) is 5.27. The fraction of sp³-hybridized carbons (Fsp3) is 0.500. The lowest BCUT2D eigenvalue weighted by molar-refractivity contribution is -0.146. The number of hydrogen-bond acceptors (Lipinski definition) is 3. The molecule has 1 saturated heterocycles. The van der Waals surface area contributed by atoms with Crippen molar-refractivity contribution in [2.45, 2.75) is 26.2 Å². The molecular formula is C16H21NO4. The van der Waals surface area contributed by atoms with E-state index in [2.05, 4.69) is 0 Å². The minimum Gasteiger partial charge on any atom is -0.483 e. The van der Waals surface area contributed by atoms with Gasteiger partial charge in [-0.05, 0) is 30.9 Å². The van der Waals surface area contributed by atoms with Crippen LogP contribution in [0.4, 0.5) is 0 Å². The molecule has 1 aliphatic heterocycles. The molecule has 1 fully saturated rings. The first kappa shape index (κ1) is 15.4. The van der Waals surface area contributed by atoms with Gasteiger partial charge in [-0.2, -0.15) is 0 Å². The predicted molar refractivity (Wildman–Crippen MR) is 78.3 cm³/mol. The number of carbonyl (C=O) groups is 2. The Hall–Kier alpha value is -2.04. The van der Waals surface area contributed by atoms with Crippen molar-refractivity contribution in [2.75, 3.05) is 19.7 Å². The van der Waals surface area contributed by atoms with Crippen molar-refractivity contribution in [3.63, 3.8) is 0 Å². The fourth-order valence-corrected chi connectivity index (χ4v) is 2.57. The maximum atomic E-state index is 12.1. The van der Waals surface area contributed by atoms with Crippen molar-refractivity contribution in [3.8, 4) is 5.75 Å². The van der Waals surface area contributed by atoms with E-state index in [-0.39, 0.29) is 19.1 Å². The molecular weight excluding hydrogens is 270 g/mol. The SMILES string of the molecule is CCc1ccccc1OCC(=O)N1CCC[C@H](C(=O)O)C1. The number of carboxylic acid groups (broad SMARTS) is 1. The molecule has 0 aliphatic carbocycles. The molecule has 2 rings (SSSR count). The van der Waals surface area contributed by atoms with Gasteiger partial charge in [-0.15, -0.1) is 0 Å². The molecule has 5 heteroatoms. The first-order valence-electron chi connectivity index (χ1n) is 7.33. The van der Waals surface area contributed by atoms with E-state index in [9.17, 15) is 9.59 Å². The minimum absolute atomic E-state index is 0.0383. The molecule has 1 aliphatic rings. The van der Waals surface area contributed by atoms with E-state index in [4.69, 9.17) is 9.84 Å². The molecule has 1 N–H and O–H groups in total. The van der Waals surface area contributed by atoms with Crippen LogP contribution in [-0.4, -0.2) is 41.6 Å². The zero-order valence-corrected chi connectivity index (χ0v) is 12.2. The zero-order chi connectivity index (χ0) is 15.2. The van der Waals surface area contributed by atoms with Crippen molar-refractivity contribution in [1.29, 1.82) is 0 Å². The molecule has 5 nitrogen and oxygen atoms in total. The number of para-hydroxylation sites is 1. The number of aryl methyl sites for hydroxylation is 1. The Balaban J connectivity index is 1.91. The van der Waals surface area contributed by atoms with Gasteiger partial charge in [0.05, 0.1) is 5.92 Å². The monoisotopic (exact) mass is 291 g/mol. The number of carbonyl (C=O) groups excluding carboxylic acids is 1. The van der Waals surface area contributed by atoms with Gasteiger partial charge in [0.15, 0.2) is 6.61 Å². The molecule has 114 valence electrons. The maximum Gasteiger partial charge on any atom is 0.308 e. The Morgan fingerprint density at radius 3 is 2.86 bits per heavy atom. The number of rotatable bonds is 5. The van der Waals surface area contributed by atoms with Gasteiger partial charge in [-0.3, -0.25) is 9.59 Å². The van der Waals surface area contributed by atoms with E-state index in [1.54, 1.807) is 4.90 Å². The third-order valence-corrected chi connectivity index (χ3v) is 3.83. The summed E-state index contributed by atoms with van der Waals surface area (Å²) in [5.74, 6) is -0.706. The molecule has 0 bridgehead atoms. The van der Waals surface area contributed by atoms with Crippen LogP contribution < -0.4 is 4.74 Å². The summed E-state index contributed by atoms with van der Waals surface area (Å²) in [4.78, 5) is 24.8. The van der Waals surface area contributed by atoms with Gasteiger partial charge in [-0.1, -0.05) is 25.1 Å². The molecule has 1 aromatic rings. The summed E-state index contributed by atoms with van der Waals surface area (Å²) in [5.41, 5.74) is 1.06. The topological polar surface area (TPSA) is 66.8 Å². The van der Waals surface area contributed by atoms with Gasteiger partial charge in [-0.25, -0.2) is 0 Å². The molecule has 0 aromatic heterocycles. The van der Waals surface area contributed by atoms with Crippen molar-refractivity contribution in [3.05, 3.63) is 29.8 Å². The van der Waals surface area contributed by atoms with Crippen LogP contribution in [0.5, 0.6) is 5.75 Å². The van der Waals surface area contributed by atoms with E-state index < -0.39 is 11.9 Å². The van der Waals surface area contributed by atoms with Crippen LogP contribution in [0.2, 0.25) is 0 Å². The van der Waals surface area contributed by atoms with Crippen LogP contribution in [0.15, 0.2) is 24.3 Å². The zero-order valence-electron chi connectivity index (χ0n) is 12.2. The Morgan fingerprint density at radius 2 is 2.14 bits per heavy atom. The highest BCUT2D eigenvalue weighted by molar-refractivity contribution is 5.79. The molecule has 0 radical (unpaired) electrons. The van der Waals surface area contributed by atoms with Gasteiger partial charge in [0.25, 0.3) is 5.91 Å². The van der Waals surface area contributed by atoms with E-state index in [0.29, 0.717) is 13.0 Å². The summed E-state index contributed by atoms with van der Waals surface area (Å²) in [6, 6.07) is 7.64. The number of benzene rings is 1. The number of nitrogens with zero attached hydrogens (tertiary/aromatic N) is 1. The predicted octanol–water partition coefficient (Wildman–Crippen LogP) is 1.95. The first-order chi connectivity index (χ1) is 10.1. The summed E-state index contributed by atoms with van der Waals surface area (Å²) in [7, 11) is 0. The van der Waals surface area contributed by atoms with E-state index in [0.717, 1.165) is 24.2 Å². The van der Waals surface area contributed by atoms with Crippen LogP contribution >= 0.6 is 0 Å². The second kappa shape index (κ2) is 7.11. The molecule has 0 spiro atoms. The van der Waals surface area contributed by atoms with Gasteiger partial charge in [0.2, 0.25) is 0 Å². The average molecular weight is 291 g/mol. The van der Waals surface area contributed by atoms with E-state index in [1.807, 2.05) is 31.2 Å². The van der Waals surface area contributed by atoms with Crippen LogP contribution in [0, 0.1) is 5.92 Å². The highest BCUT2D eigenvalue weighted by atomic mass is 16.5. The number of carboxylic acids is 1. The molecule has 1 aromatic carbocycles. The highest BCUT2D eigenvalue weighted by Gasteiger charge is 2.28. The van der Waals surface area contributed by atoms with E-state index >= 15 is 0 Å². The number of likely N-dealkylation sites (tertiary alicyclic amines) is 1. The Morgan fingerprint density at radius 1 is 1.38 bits per heavy atom. The summed E-state index contributed by atoms with van der Waals surface area (Å²) in [5, 5.41) is 9.04. The second-order valence-corrected chi connectivity index (χ2v) is 5.27. The summed E-state index contributed by atoms with van der Waals surface area (Å²) >= 11 is 0. The van der Waals surface area contributed by atoms with Crippen molar-refractivity contribution < 1.29 is 19.4 Å². The quantitative estimate of drug-likeness (QED) is 0.900. The van der Waals surface area contributed by atoms with Gasteiger partial charge < -0.3 is 14.7 Å². The number of aliphatic carboxylic acids is 1. The standard InChI is InChI=1S/C16H21NO4/c1-2-12-6-3-4-8-14(12)21-11-15(18)17-9-5-7-13(10-17)16(19)20/h3-4,6,8,13H,2,5,7,9-11H2,1H3,(H,19,20)/t13-/m0/s1. The largest absolute Gasteiger partial charge is 0.483 e. The van der Waals surface area contributed by atoms with E-state index in [1.165, 1.54) is 0 Å². The Bertz CT molecular complexity index is 515. The summed E-state index contributed by atoms with van der Waals surface area (Å²) < 4.78 is 5.60. The molecule has 21 heavy (non-hydrogen) atoms. The van der Waals surface area contributed by atoms with Crippen LogP contribution in [0.1, 0.15) is 25.3 Å². The Labute approximate surface area is 124 Å². The van der Waals surface area contributed by atoms with Crippen molar-refractivity contribution >= 4 is 11.9 Å². The van der Waals surface area contributed by atoms with Gasteiger partial charge >= 0.3 is 5.97 Å². The molecule has 1 heterocycles. The van der Waals surface area contributed by atoms with Crippen LogP contribution in [-0.2, 0) is 16.0 Å². The lowest BCUT2D eigenvalue weighted by atomic mass is 9.98. The third kappa shape index (κ3) is 3.97. The van der Waals surface area contributed by atoms with Crippen molar-refractivity contribution in [1.82, 2.24) is 4.90 Å². The number of piperidine rings is 1. The normalized spacial score (nSPS) is 18.3. The smallest absolute Gasteiger partial charge is 0.308 e. The maximum absolute atomic E-state index is 12.1. The first-order valence-corrected chi connectivity index (χ1v) is 7.33. The Kier molecular flexibility index (Phi) is 5.20. The van der Waals surface area contributed by atoms with Gasteiger partial charge in [0.1, 0.15) is 5.75 Å². The number of hydrogen-bond donors (Lipinski definition) is 1. The summed E-state index contributed by atoms with van der Waals surface area (Å²) in [6.07, 6.45) is 2.21. The minimum atomic E-state index is -0.829. The molecule has 1 amide bonds. The fourth-order valence-electron chi connectivity index (χ4n) is 2.57. The van der Waals surface area contributed by atoms with Crippen LogP contribution in [0.3, 0.4) is 0 Å². The number of amides is 1. The molecule has 1 atom stereocenters. The molecule has 0 saturated carbocycles. The molecule has 0 unspecified atom stereocenters. The lowest BCUT2D eigenvalue weighted by Gasteiger charge is -2.30. The van der Waals surface area contributed by atoms with Gasteiger partial charge in [0, 0.05) is 13.1 Å². The number of ether oxygens (including phenoxy) is 1. The third-order valence-electron chi connectivity index (χ3n) is 3.83.